The molecule has 0 bridgehead atoms. The molecule has 2 saturated heterocycles. The number of likely N-dealkylation sites (N-methyl/N-ethyl adjacent to an activating group) is 1. The number of thiazole rings is 1. The number of carbonyl (C=O) groups excluding carboxylic acids is 10. The van der Waals surface area contributed by atoms with E-state index in [1.54, 1.807) is 29.2 Å². The summed E-state index contributed by atoms with van der Waals surface area (Å²) in [7, 11) is 1.92. The summed E-state index contributed by atoms with van der Waals surface area (Å²) in [5, 5.41) is 27.7. The van der Waals surface area contributed by atoms with Crippen molar-refractivity contribution in [3.8, 4) is 0 Å². The quantitative estimate of drug-likeness (QED) is 0.0155. The summed E-state index contributed by atoms with van der Waals surface area (Å²) in [6.45, 7) is 23.0. The Hall–Kier alpha value is -6.97. The molecule has 11 atom stereocenters. The van der Waals surface area contributed by atoms with Gasteiger partial charge in [-0.1, -0.05) is 106 Å². The second-order valence-electron chi connectivity index (χ2n) is 26.5. The lowest BCUT2D eigenvalue weighted by Crippen LogP contribution is -2.59. The molecule has 5 rings (SSSR count). The molecule has 1 aliphatic carbocycles. The Labute approximate surface area is 562 Å². The summed E-state index contributed by atoms with van der Waals surface area (Å²) in [6.07, 6.45) is 8.66. The summed E-state index contributed by atoms with van der Waals surface area (Å²) in [5.41, 5.74) is 12.5. The minimum atomic E-state index is -1.44. The minimum absolute atomic E-state index is 0.00607. The van der Waals surface area contributed by atoms with Crippen molar-refractivity contribution >= 4 is 94.0 Å². The third-order valence-corrected chi connectivity index (χ3v) is 20.8. The van der Waals surface area contributed by atoms with Crippen molar-refractivity contribution in [1.29, 1.82) is 0 Å². The van der Waals surface area contributed by atoms with Gasteiger partial charge in [0.05, 0.1) is 17.2 Å². The van der Waals surface area contributed by atoms with Crippen LogP contribution in [0.2, 0.25) is 0 Å². The molecule has 2 aliphatic heterocycles. The number of aromatic nitrogens is 1. The lowest BCUT2D eigenvalue weighted by atomic mass is 9.81. The molecule has 1 aromatic carbocycles. The number of esters is 1. The number of nitrogens with zero attached hydrogens (tertiary/aromatic N) is 4. The zero-order valence-electron chi connectivity index (χ0n) is 56.8. The summed E-state index contributed by atoms with van der Waals surface area (Å²) in [6, 6.07) is -0.790. The fourth-order valence-electron chi connectivity index (χ4n) is 12.7. The maximum Gasteiger partial charge on any atom is 0.312 e. The van der Waals surface area contributed by atoms with Gasteiger partial charge in [0.25, 0.3) is 5.91 Å². The topological polar surface area (TPSA) is 364 Å². The van der Waals surface area contributed by atoms with Crippen LogP contribution in [0.3, 0.4) is 0 Å². The fourth-order valence-corrected chi connectivity index (χ4v) is 15.1. The zero-order valence-corrected chi connectivity index (χ0v) is 58.5. The molecule has 94 heavy (non-hydrogen) atoms. The number of imide groups is 1. The van der Waals surface area contributed by atoms with Gasteiger partial charge >= 0.3 is 18.0 Å². The predicted molar refractivity (Wildman–Crippen MR) is 362 cm³/mol. The summed E-state index contributed by atoms with van der Waals surface area (Å²) in [5.74, 6) is -7.02. The number of benzene rings is 1. The average Bonchev–Trinajstić information content (AvgIpc) is 1.60. The van der Waals surface area contributed by atoms with Crippen LogP contribution < -0.4 is 43.4 Å². The standard InChI is InChI=1S/C67H104N12O13S2/c1-13-30-78(64(88)56(40(7)14-2)76-59(84)49-24-18-19-31-77(49)12)50(38(3)4)34-52(92-42(9)80)62-74-48(37-93-62)58(83)72-46(32-41(8)65(89)90)33-43-25-27-45(28-26-43)71-57(82)47(23-20-29-70-66(69)91)73-61(86)55(39(5)6)75-60(85)51(36-68)79-54(81)35-53(63(79)87)94-67(10,11)44-21-16-15-17-22-44/h25-28,37-38,40-41,44,46-47,49-53,55-56H,5,13-24,29-36,68H2,1-4,6-12H3,(H,71,82)(H,72,83)(H,73,86)(H,75,85)(H,76,84)(H,89,90)(H3,69,70,91)/t40-,41-,46+,47-,49+,50+,51?,52+,53?,55-,56-/m0/s1. The SMILES string of the molecule is C=C(C)[C@H](NC(=O)C(CN)N1C(=O)CC(SC(C)(C)C2CCCCC2)C1=O)C(=O)N[C@@H](CCCNC(N)=O)C(=O)Nc1ccc(C[C@@H](C[C@H](C)C(=O)O)NC(=O)c2csc([C@@H](C[C@H](C(C)C)N(CCC)C(=O)[C@@H](NC(=O)[C@H]3CCCCN3C)[C@@H](C)CC)OC(C)=O)n2)cc1. The van der Waals surface area contributed by atoms with Crippen molar-refractivity contribution in [2.45, 2.75) is 230 Å². The van der Waals surface area contributed by atoms with Gasteiger partial charge in [0, 0.05) is 67.3 Å². The number of amides is 10. The number of urea groups is 1. The Morgan fingerprint density at radius 1 is 0.894 bits per heavy atom. The van der Waals surface area contributed by atoms with E-state index in [9.17, 15) is 57.8 Å². The van der Waals surface area contributed by atoms with Gasteiger partial charge in [-0.25, -0.2) is 9.78 Å². The number of aliphatic carboxylic acids is 1. The van der Waals surface area contributed by atoms with Crippen LogP contribution in [0.1, 0.15) is 193 Å². The molecular weight excluding hydrogens is 1240 g/mol. The third-order valence-electron chi connectivity index (χ3n) is 18.3. The van der Waals surface area contributed by atoms with Gasteiger partial charge in [-0.05, 0) is 119 Å². The molecule has 11 N–H and O–H groups in total. The van der Waals surface area contributed by atoms with Crippen LogP contribution in [0, 0.1) is 23.7 Å². The number of piperidine rings is 1. The van der Waals surface area contributed by atoms with Crippen molar-refractivity contribution in [3.05, 3.63) is 58.1 Å². The van der Waals surface area contributed by atoms with Crippen molar-refractivity contribution in [2.75, 3.05) is 38.5 Å². The number of nitrogens with one attached hydrogen (secondary N) is 6. The molecule has 3 heterocycles. The molecule has 3 aliphatic rings. The maximum absolute atomic E-state index is 14.8. The van der Waals surface area contributed by atoms with Crippen LogP contribution in [0.25, 0.3) is 0 Å². The number of anilines is 1. The zero-order chi connectivity index (χ0) is 69.7. The molecule has 0 spiro atoms. The molecule has 1 saturated carbocycles. The molecule has 2 aromatic rings. The van der Waals surface area contributed by atoms with E-state index in [4.69, 9.17) is 16.2 Å². The van der Waals surface area contributed by atoms with Gasteiger partial charge in [0.2, 0.25) is 41.4 Å². The first-order valence-corrected chi connectivity index (χ1v) is 35.1. The lowest BCUT2D eigenvalue weighted by molar-refractivity contribution is -0.150. The van der Waals surface area contributed by atoms with Gasteiger partial charge in [0.1, 0.15) is 34.9 Å². The fraction of sp³-hybridized carbons (Fsp3) is 0.672. The number of thioether (sulfide) groups is 1. The van der Waals surface area contributed by atoms with E-state index >= 15 is 0 Å². The van der Waals surface area contributed by atoms with Crippen molar-refractivity contribution in [3.63, 3.8) is 0 Å². The number of carbonyl (C=O) groups is 11. The minimum Gasteiger partial charge on any atom is -0.481 e. The first kappa shape index (κ1) is 77.7. The maximum atomic E-state index is 14.8. The first-order chi connectivity index (χ1) is 44.4. The molecular formula is C67H104N12O13S2. The van der Waals surface area contributed by atoms with Crippen molar-refractivity contribution in [2.24, 2.45) is 35.1 Å². The van der Waals surface area contributed by atoms with Crippen LogP contribution in [-0.2, 0) is 54.3 Å². The smallest absolute Gasteiger partial charge is 0.312 e. The molecule has 0 radical (unpaired) electrons. The van der Waals surface area contributed by atoms with E-state index in [0.29, 0.717) is 48.0 Å². The number of carboxylic acid groups (broad SMARTS) is 1. The highest BCUT2D eigenvalue weighted by Crippen LogP contribution is 2.45. The number of likely N-dealkylation sites (tertiary alicyclic amines) is 2. The Bertz CT molecular complexity index is 2970. The van der Waals surface area contributed by atoms with Gasteiger partial charge < -0.3 is 58.1 Å². The third kappa shape index (κ3) is 22.3. The summed E-state index contributed by atoms with van der Waals surface area (Å²) >= 11 is 2.55. The van der Waals surface area contributed by atoms with Crippen molar-refractivity contribution in [1.82, 2.24) is 46.3 Å². The van der Waals surface area contributed by atoms with Gasteiger partial charge in [-0.3, -0.25) is 57.7 Å². The second kappa shape index (κ2) is 36.8. The van der Waals surface area contributed by atoms with E-state index < -0.39 is 113 Å². The highest BCUT2D eigenvalue weighted by Gasteiger charge is 2.48. The van der Waals surface area contributed by atoms with E-state index in [0.717, 1.165) is 67.7 Å². The summed E-state index contributed by atoms with van der Waals surface area (Å²) in [4.78, 5) is 158. The monoisotopic (exact) mass is 1350 g/mol. The molecule has 25 nitrogen and oxygen atoms in total. The normalized spacial score (nSPS) is 19.3. The van der Waals surface area contributed by atoms with Crippen LogP contribution in [0.4, 0.5) is 10.5 Å². The largest absolute Gasteiger partial charge is 0.481 e. The van der Waals surface area contributed by atoms with Crippen LogP contribution >= 0.6 is 23.1 Å². The van der Waals surface area contributed by atoms with Gasteiger partial charge in [-0.15, -0.1) is 23.1 Å². The molecule has 3 fully saturated rings. The van der Waals surface area contributed by atoms with Crippen molar-refractivity contribution < 1.29 is 62.6 Å². The van der Waals surface area contributed by atoms with E-state index in [1.807, 2.05) is 46.6 Å². The Morgan fingerprint density at radius 3 is 2.15 bits per heavy atom. The van der Waals surface area contributed by atoms with Crippen LogP contribution in [0.5, 0.6) is 0 Å². The number of hydrogen-bond donors (Lipinski definition) is 9. The molecule has 1 aromatic heterocycles. The number of nitrogens with two attached hydrogens (primary N) is 2. The average molecular weight is 1350 g/mol. The first-order valence-electron chi connectivity index (χ1n) is 33.3. The van der Waals surface area contributed by atoms with Crippen LogP contribution in [0.15, 0.2) is 41.8 Å². The molecule has 522 valence electrons. The molecule has 2 unspecified atom stereocenters. The van der Waals surface area contributed by atoms with Gasteiger partial charge in [0.15, 0.2) is 6.10 Å². The Balaban J connectivity index is 1.29. The number of rotatable bonds is 36. The number of primary amides is 1. The number of hydrogen-bond acceptors (Lipinski definition) is 17. The highest BCUT2D eigenvalue weighted by molar-refractivity contribution is 8.02. The van der Waals surface area contributed by atoms with E-state index in [1.165, 1.54) is 37.9 Å². The predicted octanol–water partition coefficient (Wildman–Crippen LogP) is 6.35. The summed E-state index contributed by atoms with van der Waals surface area (Å²) < 4.78 is 5.62. The second-order valence-corrected chi connectivity index (χ2v) is 29.3. The lowest BCUT2D eigenvalue weighted by Gasteiger charge is -2.40. The van der Waals surface area contributed by atoms with Crippen LogP contribution in [-0.4, -0.2) is 176 Å². The Morgan fingerprint density at radius 2 is 1.56 bits per heavy atom. The molecule has 10 amide bonds. The molecule has 27 heteroatoms. The number of ether oxygens (including phenoxy) is 1. The van der Waals surface area contributed by atoms with E-state index in [-0.39, 0.29) is 90.8 Å². The Kier molecular flexibility index (Phi) is 30.4. The van der Waals surface area contributed by atoms with Gasteiger partial charge in [-0.2, -0.15) is 0 Å². The highest BCUT2D eigenvalue weighted by atomic mass is 32.2. The number of carboxylic acids is 1. The van der Waals surface area contributed by atoms with E-state index in [2.05, 4.69) is 57.3 Å².